The first-order valence-corrected chi connectivity index (χ1v) is 7.96. The highest BCUT2D eigenvalue weighted by Gasteiger charge is 2.27. The van der Waals surface area contributed by atoms with E-state index in [1.165, 1.54) is 25.4 Å². The summed E-state index contributed by atoms with van der Waals surface area (Å²) in [7, 11) is 0. The molecular weight excluding hydrogens is 165 g/mol. The molecule has 2 heteroatoms. The second-order valence-corrected chi connectivity index (χ2v) is 9.04. The summed E-state index contributed by atoms with van der Waals surface area (Å²) in [5, 5.41) is 0. The average Bonchev–Trinajstić information content (AvgIpc) is 2.31. The molecule has 1 rings (SSSR count). The zero-order chi connectivity index (χ0) is 9.19. The van der Waals surface area contributed by atoms with E-state index in [1.54, 1.807) is 0 Å². The van der Waals surface area contributed by atoms with Crippen LogP contribution in [0.15, 0.2) is 0 Å². The average molecular weight is 187 g/mol. The van der Waals surface area contributed by atoms with Gasteiger partial charge >= 0.3 is 0 Å². The molecule has 1 unspecified atom stereocenters. The van der Waals surface area contributed by atoms with Crippen molar-refractivity contribution in [2.24, 2.45) is 17.6 Å². The fourth-order valence-corrected chi connectivity index (χ4v) is 4.05. The Hall–Kier alpha value is 0.260. The predicted molar refractivity (Wildman–Crippen MR) is 60.6 cm³/mol. The fraction of sp³-hybridized carbons (Fsp3) is 0.900. The van der Waals surface area contributed by atoms with Crippen LogP contribution in [-0.2, 0) is 0 Å². The molecule has 0 spiro atoms. The SMILES string of the molecule is C=P(C)(C)C[C@@H]1CCCC1CN. The molecule has 1 saturated carbocycles. The second-order valence-electron chi connectivity index (χ2n) is 4.81. The molecule has 0 aromatic heterocycles. The third-order valence-electron chi connectivity index (χ3n) is 2.85. The quantitative estimate of drug-likeness (QED) is 0.672. The molecule has 1 aliphatic rings. The second kappa shape index (κ2) is 3.98. The lowest BCUT2D eigenvalue weighted by Crippen LogP contribution is -2.20. The van der Waals surface area contributed by atoms with Gasteiger partial charge in [0.05, 0.1) is 0 Å². The summed E-state index contributed by atoms with van der Waals surface area (Å²) < 4.78 is 0. The molecule has 0 aliphatic heterocycles. The fourth-order valence-electron chi connectivity index (χ4n) is 2.30. The van der Waals surface area contributed by atoms with Crippen molar-refractivity contribution in [3.8, 4) is 0 Å². The third-order valence-corrected chi connectivity index (χ3v) is 4.31. The van der Waals surface area contributed by atoms with Gasteiger partial charge in [-0.2, -0.15) is 0 Å². The summed E-state index contributed by atoms with van der Waals surface area (Å²) in [4.78, 5) is 0. The molecule has 0 aromatic carbocycles. The van der Waals surface area contributed by atoms with Crippen molar-refractivity contribution < 1.29 is 0 Å². The van der Waals surface area contributed by atoms with E-state index >= 15 is 0 Å². The van der Waals surface area contributed by atoms with Gasteiger partial charge in [0, 0.05) is 0 Å². The largest absolute Gasteiger partial charge is 0.330 e. The maximum absolute atomic E-state index is 5.73. The maximum atomic E-state index is 5.73. The van der Waals surface area contributed by atoms with Gasteiger partial charge in [0.1, 0.15) is 0 Å². The highest BCUT2D eigenvalue weighted by atomic mass is 31.2. The third kappa shape index (κ3) is 2.95. The first-order chi connectivity index (χ1) is 5.53. The highest BCUT2D eigenvalue weighted by molar-refractivity contribution is 7.72. The van der Waals surface area contributed by atoms with Crippen molar-refractivity contribution in [2.75, 3.05) is 26.0 Å². The molecule has 12 heavy (non-hydrogen) atoms. The topological polar surface area (TPSA) is 26.0 Å². The number of hydrogen-bond donors (Lipinski definition) is 1. The molecule has 72 valence electrons. The van der Waals surface area contributed by atoms with E-state index in [2.05, 4.69) is 19.6 Å². The highest BCUT2D eigenvalue weighted by Crippen LogP contribution is 2.44. The Morgan fingerprint density at radius 3 is 2.42 bits per heavy atom. The van der Waals surface area contributed by atoms with Gasteiger partial charge < -0.3 is 5.73 Å². The lowest BCUT2D eigenvalue weighted by Gasteiger charge is -2.23. The molecule has 0 aromatic rings. The normalized spacial score (nSPS) is 30.9. The number of rotatable bonds is 3. The molecule has 1 aliphatic carbocycles. The van der Waals surface area contributed by atoms with Crippen molar-refractivity contribution in [3.05, 3.63) is 0 Å². The first kappa shape index (κ1) is 10.3. The Balaban J connectivity index is 2.46. The first-order valence-electron chi connectivity index (χ1n) is 4.90. The van der Waals surface area contributed by atoms with Gasteiger partial charge in [-0.15, -0.1) is 13.2 Å². The Kier molecular flexibility index (Phi) is 3.43. The van der Waals surface area contributed by atoms with Gasteiger partial charge in [0.2, 0.25) is 0 Å². The van der Waals surface area contributed by atoms with E-state index < -0.39 is 6.89 Å². The smallest absolute Gasteiger partial charge is 0.00461 e. The van der Waals surface area contributed by atoms with Crippen LogP contribution in [0.4, 0.5) is 0 Å². The molecule has 0 heterocycles. The number of hydrogen-bond acceptors (Lipinski definition) is 1. The van der Waals surface area contributed by atoms with Crippen LogP contribution in [0.1, 0.15) is 19.3 Å². The molecule has 0 amide bonds. The molecular formula is C10H22NP. The number of nitrogens with two attached hydrogens (primary N) is 1. The van der Waals surface area contributed by atoms with Crippen molar-refractivity contribution in [1.82, 2.24) is 0 Å². The van der Waals surface area contributed by atoms with Crippen LogP contribution in [-0.4, -0.2) is 32.3 Å². The van der Waals surface area contributed by atoms with Crippen LogP contribution < -0.4 is 5.73 Å². The van der Waals surface area contributed by atoms with E-state index in [4.69, 9.17) is 5.73 Å². The molecule has 0 saturated heterocycles. The molecule has 2 N–H and O–H groups in total. The van der Waals surface area contributed by atoms with E-state index in [9.17, 15) is 0 Å². The Labute approximate surface area is 76.7 Å². The van der Waals surface area contributed by atoms with Crippen molar-refractivity contribution in [2.45, 2.75) is 19.3 Å². The lowest BCUT2D eigenvalue weighted by molar-refractivity contribution is 0.434. The van der Waals surface area contributed by atoms with E-state index in [-0.39, 0.29) is 0 Å². The van der Waals surface area contributed by atoms with Crippen molar-refractivity contribution in [3.63, 3.8) is 0 Å². The minimum Gasteiger partial charge on any atom is -0.330 e. The van der Waals surface area contributed by atoms with Gasteiger partial charge in [0.25, 0.3) is 0 Å². The molecule has 1 nitrogen and oxygen atoms in total. The van der Waals surface area contributed by atoms with Gasteiger partial charge in [-0.1, -0.05) is 6.42 Å². The van der Waals surface area contributed by atoms with E-state index in [0.29, 0.717) is 0 Å². The van der Waals surface area contributed by atoms with Crippen LogP contribution >= 0.6 is 6.89 Å². The Morgan fingerprint density at radius 1 is 1.33 bits per heavy atom. The van der Waals surface area contributed by atoms with Crippen LogP contribution in [0.3, 0.4) is 0 Å². The summed E-state index contributed by atoms with van der Waals surface area (Å²) in [5.74, 6) is 1.71. The minimum atomic E-state index is -0.821. The van der Waals surface area contributed by atoms with Gasteiger partial charge in [-0.05, 0) is 50.7 Å². The summed E-state index contributed by atoms with van der Waals surface area (Å²) in [6.45, 7) is 4.74. The van der Waals surface area contributed by atoms with Gasteiger partial charge in [-0.25, -0.2) is 0 Å². The van der Waals surface area contributed by atoms with Crippen LogP contribution in [0.25, 0.3) is 0 Å². The predicted octanol–water partition coefficient (Wildman–Crippen LogP) is 2.07. The molecule has 2 atom stereocenters. The zero-order valence-corrected chi connectivity index (χ0v) is 9.32. The Morgan fingerprint density at radius 2 is 1.92 bits per heavy atom. The van der Waals surface area contributed by atoms with Gasteiger partial charge in [-0.3, -0.25) is 0 Å². The van der Waals surface area contributed by atoms with E-state index in [0.717, 1.165) is 18.4 Å². The van der Waals surface area contributed by atoms with Crippen LogP contribution in [0.2, 0.25) is 0 Å². The van der Waals surface area contributed by atoms with Gasteiger partial charge in [0.15, 0.2) is 0 Å². The monoisotopic (exact) mass is 187 g/mol. The summed E-state index contributed by atoms with van der Waals surface area (Å²) in [6, 6.07) is 0. The maximum Gasteiger partial charge on any atom is -0.00461 e. The lowest BCUT2D eigenvalue weighted by atomic mass is 9.98. The molecule has 0 bridgehead atoms. The summed E-state index contributed by atoms with van der Waals surface area (Å²) in [5.41, 5.74) is 5.73. The summed E-state index contributed by atoms with van der Waals surface area (Å²) >= 11 is 0. The standard InChI is InChI=1S/C10H22NP/c1-12(2,3)8-10-6-4-5-9(10)7-11/h9-10H,1,4-8,11H2,2-3H3/t9?,10-/m0/s1. The van der Waals surface area contributed by atoms with Crippen LogP contribution in [0.5, 0.6) is 0 Å². The minimum absolute atomic E-state index is 0.811. The summed E-state index contributed by atoms with van der Waals surface area (Å²) in [6.07, 6.45) is 9.79. The van der Waals surface area contributed by atoms with Crippen molar-refractivity contribution in [1.29, 1.82) is 0 Å². The van der Waals surface area contributed by atoms with Crippen LogP contribution in [0, 0.1) is 11.8 Å². The Bertz CT molecular complexity index is 182. The van der Waals surface area contributed by atoms with Crippen molar-refractivity contribution >= 4 is 13.2 Å². The van der Waals surface area contributed by atoms with E-state index in [1.807, 2.05) is 0 Å². The zero-order valence-electron chi connectivity index (χ0n) is 8.42. The molecule has 1 fully saturated rings. The molecule has 0 radical (unpaired) electrons.